The SMILES string of the molecule is O=C(O)c1nc(CSc2cccc(Br)c2)cs1. The number of thiazole rings is 1. The second-order valence-corrected chi connectivity index (χ2v) is 6.02. The highest BCUT2D eigenvalue weighted by molar-refractivity contribution is 9.10. The van der Waals surface area contributed by atoms with Crippen LogP contribution >= 0.6 is 39.0 Å². The highest BCUT2D eigenvalue weighted by Gasteiger charge is 2.08. The van der Waals surface area contributed by atoms with Gasteiger partial charge >= 0.3 is 5.97 Å². The minimum absolute atomic E-state index is 0.148. The van der Waals surface area contributed by atoms with Crippen molar-refractivity contribution in [2.75, 3.05) is 0 Å². The number of hydrogen-bond acceptors (Lipinski definition) is 4. The monoisotopic (exact) mass is 329 g/mol. The Kier molecular flexibility index (Phi) is 4.20. The van der Waals surface area contributed by atoms with Crippen molar-refractivity contribution in [1.82, 2.24) is 4.98 Å². The average Bonchev–Trinajstić information content (AvgIpc) is 2.75. The molecule has 0 atom stereocenters. The molecular weight excluding hydrogens is 322 g/mol. The average molecular weight is 330 g/mol. The van der Waals surface area contributed by atoms with E-state index < -0.39 is 5.97 Å². The first-order valence-corrected chi connectivity index (χ1v) is 7.37. The summed E-state index contributed by atoms with van der Waals surface area (Å²) in [6, 6.07) is 7.97. The molecule has 88 valence electrons. The van der Waals surface area contributed by atoms with Crippen LogP contribution in [0.1, 0.15) is 15.5 Å². The van der Waals surface area contributed by atoms with Crippen molar-refractivity contribution >= 4 is 45.0 Å². The van der Waals surface area contributed by atoms with Crippen LogP contribution in [-0.4, -0.2) is 16.1 Å². The Bertz CT molecular complexity index is 542. The molecule has 0 unspecified atom stereocenters. The van der Waals surface area contributed by atoms with Crippen LogP contribution in [0.2, 0.25) is 0 Å². The van der Waals surface area contributed by atoms with Gasteiger partial charge in [0, 0.05) is 20.5 Å². The van der Waals surface area contributed by atoms with Gasteiger partial charge in [0.25, 0.3) is 0 Å². The second-order valence-electron chi connectivity index (χ2n) is 3.20. The van der Waals surface area contributed by atoms with Gasteiger partial charge in [-0.15, -0.1) is 23.1 Å². The summed E-state index contributed by atoms with van der Waals surface area (Å²) in [6.07, 6.45) is 0. The Morgan fingerprint density at radius 2 is 2.35 bits per heavy atom. The van der Waals surface area contributed by atoms with Crippen molar-refractivity contribution in [2.45, 2.75) is 10.6 Å². The fourth-order valence-corrected chi connectivity index (χ4v) is 3.34. The number of carbonyl (C=O) groups is 1. The number of thioether (sulfide) groups is 1. The molecule has 0 radical (unpaired) electrons. The number of aromatic nitrogens is 1. The highest BCUT2D eigenvalue weighted by atomic mass is 79.9. The number of carboxylic acids is 1. The summed E-state index contributed by atoms with van der Waals surface area (Å²) in [5.74, 6) is -0.283. The van der Waals surface area contributed by atoms with E-state index in [4.69, 9.17) is 5.11 Å². The minimum atomic E-state index is -0.964. The van der Waals surface area contributed by atoms with E-state index in [0.29, 0.717) is 5.75 Å². The van der Waals surface area contributed by atoms with E-state index in [2.05, 4.69) is 20.9 Å². The topological polar surface area (TPSA) is 50.2 Å². The summed E-state index contributed by atoms with van der Waals surface area (Å²) in [5.41, 5.74) is 0.803. The van der Waals surface area contributed by atoms with Crippen LogP contribution in [-0.2, 0) is 5.75 Å². The fourth-order valence-electron chi connectivity index (χ4n) is 1.19. The van der Waals surface area contributed by atoms with Crippen LogP contribution in [0.5, 0.6) is 0 Å². The third-order valence-corrected chi connectivity index (χ3v) is 4.32. The van der Waals surface area contributed by atoms with Crippen molar-refractivity contribution in [3.05, 3.63) is 44.8 Å². The van der Waals surface area contributed by atoms with Gasteiger partial charge in [-0.2, -0.15) is 0 Å². The normalized spacial score (nSPS) is 10.4. The molecule has 0 spiro atoms. The van der Waals surface area contributed by atoms with Gasteiger partial charge in [-0.1, -0.05) is 22.0 Å². The first-order chi connectivity index (χ1) is 8.15. The van der Waals surface area contributed by atoms with Gasteiger partial charge in [-0.3, -0.25) is 0 Å². The Morgan fingerprint density at radius 1 is 1.53 bits per heavy atom. The summed E-state index contributed by atoms with van der Waals surface area (Å²) in [5, 5.41) is 10.7. The zero-order valence-corrected chi connectivity index (χ0v) is 11.8. The van der Waals surface area contributed by atoms with E-state index in [1.807, 2.05) is 24.3 Å². The van der Waals surface area contributed by atoms with Crippen molar-refractivity contribution in [3.63, 3.8) is 0 Å². The maximum Gasteiger partial charge on any atom is 0.365 e. The number of rotatable bonds is 4. The predicted octanol–water partition coefficient (Wildman–Crippen LogP) is 3.90. The van der Waals surface area contributed by atoms with Crippen LogP contribution in [0.15, 0.2) is 39.0 Å². The highest BCUT2D eigenvalue weighted by Crippen LogP contribution is 2.25. The Labute approximate surface area is 115 Å². The first kappa shape index (κ1) is 12.6. The summed E-state index contributed by atoms with van der Waals surface area (Å²) in [6.45, 7) is 0. The largest absolute Gasteiger partial charge is 0.476 e. The van der Waals surface area contributed by atoms with Gasteiger partial charge in [-0.25, -0.2) is 9.78 Å². The molecule has 1 N–H and O–H groups in total. The smallest absolute Gasteiger partial charge is 0.365 e. The second kappa shape index (κ2) is 5.66. The minimum Gasteiger partial charge on any atom is -0.476 e. The van der Waals surface area contributed by atoms with Crippen molar-refractivity contribution < 1.29 is 9.90 Å². The first-order valence-electron chi connectivity index (χ1n) is 4.71. The molecule has 1 heterocycles. The number of hydrogen-bond donors (Lipinski definition) is 1. The molecule has 6 heteroatoms. The van der Waals surface area contributed by atoms with E-state index in [1.165, 1.54) is 0 Å². The predicted molar refractivity (Wildman–Crippen MR) is 72.8 cm³/mol. The molecule has 0 amide bonds. The van der Waals surface area contributed by atoms with Gasteiger partial charge in [0.2, 0.25) is 5.01 Å². The van der Waals surface area contributed by atoms with E-state index in [0.717, 1.165) is 26.4 Å². The van der Waals surface area contributed by atoms with E-state index >= 15 is 0 Å². The Hall–Kier alpha value is -0.850. The van der Waals surface area contributed by atoms with Crippen LogP contribution in [0.3, 0.4) is 0 Å². The molecule has 0 saturated heterocycles. The molecule has 0 aliphatic heterocycles. The zero-order chi connectivity index (χ0) is 12.3. The standard InChI is InChI=1S/C11H8BrNO2S2/c12-7-2-1-3-9(4-7)16-5-8-6-17-10(13-8)11(14)15/h1-4,6H,5H2,(H,14,15). The number of benzene rings is 1. The molecule has 17 heavy (non-hydrogen) atoms. The fraction of sp³-hybridized carbons (Fsp3) is 0.0909. The number of halogens is 1. The molecule has 0 fully saturated rings. The molecule has 1 aromatic carbocycles. The zero-order valence-electron chi connectivity index (χ0n) is 8.59. The van der Waals surface area contributed by atoms with E-state index in [-0.39, 0.29) is 5.01 Å². The molecule has 0 aliphatic rings. The molecule has 0 saturated carbocycles. The van der Waals surface area contributed by atoms with Crippen LogP contribution in [0.4, 0.5) is 0 Å². The summed E-state index contributed by atoms with van der Waals surface area (Å²) in [4.78, 5) is 15.8. The third kappa shape index (κ3) is 3.55. The molecule has 0 aliphatic carbocycles. The van der Waals surface area contributed by atoms with Gasteiger partial charge < -0.3 is 5.11 Å². The Balaban J connectivity index is 2.00. The van der Waals surface area contributed by atoms with E-state index in [1.54, 1.807) is 17.1 Å². The maximum atomic E-state index is 10.7. The third-order valence-electron chi connectivity index (χ3n) is 1.92. The lowest BCUT2D eigenvalue weighted by Crippen LogP contribution is -1.94. The van der Waals surface area contributed by atoms with E-state index in [9.17, 15) is 4.79 Å². The van der Waals surface area contributed by atoms with Crippen LogP contribution in [0, 0.1) is 0 Å². The summed E-state index contributed by atoms with van der Waals surface area (Å²) >= 11 is 6.20. The lowest BCUT2D eigenvalue weighted by Gasteiger charge is -1.99. The van der Waals surface area contributed by atoms with Crippen molar-refractivity contribution in [3.8, 4) is 0 Å². The lowest BCUT2D eigenvalue weighted by molar-refractivity contribution is 0.0696. The molecule has 0 bridgehead atoms. The number of nitrogens with zero attached hydrogens (tertiary/aromatic N) is 1. The quantitative estimate of drug-likeness (QED) is 0.864. The number of carboxylic acid groups (broad SMARTS) is 1. The molecule has 2 aromatic rings. The Morgan fingerprint density at radius 3 is 3.00 bits per heavy atom. The van der Waals surface area contributed by atoms with Crippen molar-refractivity contribution in [1.29, 1.82) is 0 Å². The lowest BCUT2D eigenvalue weighted by atomic mass is 10.4. The van der Waals surface area contributed by atoms with Gasteiger partial charge in [0.05, 0.1) is 5.69 Å². The molecule has 2 rings (SSSR count). The number of aromatic carboxylic acids is 1. The van der Waals surface area contributed by atoms with Crippen LogP contribution in [0.25, 0.3) is 0 Å². The maximum absolute atomic E-state index is 10.7. The summed E-state index contributed by atoms with van der Waals surface area (Å²) in [7, 11) is 0. The molecular formula is C11H8BrNO2S2. The molecule has 1 aromatic heterocycles. The van der Waals surface area contributed by atoms with Crippen LogP contribution < -0.4 is 0 Å². The molecule has 3 nitrogen and oxygen atoms in total. The van der Waals surface area contributed by atoms with Crippen molar-refractivity contribution in [2.24, 2.45) is 0 Å². The van der Waals surface area contributed by atoms with Gasteiger partial charge in [0.1, 0.15) is 0 Å². The summed E-state index contributed by atoms with van der Waals surface area (Å²) < 4.78 is 1.03. The van der Waals surface area contributed by atoms with Gasteiger partial charge in [-0.05, 0) is 18.2 Å². The van der Waals surface area contributed by atoms with Gasteiger partial charge in [0.15, 0.2) is 0 Å².